The Hall–Kier alpha value is -2.85. The minimum Gasteiger partial charge on any atom is -0.440 e. The summed E-state index contributed by atoms with van der Waals surface area (Å²) in [6.45, 7) is 0.556. The number of hydrogen-bond acceptors (Lipinski definition) is 5. The van der Waals surface area contributed by atoms with Crippen molar-refractivity contribution in [2.24, 2.45) is 13.0 Å². The number of alkyl halides is 3. The second kappa shape index (κ2) is 7.64. The van der Waals surface area contributed by atoms with Crippen LogP contribution < -0.4 is 5.32 Å². The van der Waals surface area contributed by atoms with Gasteiger partial charge in [-0.2, -0.15) is 18.3 Å². The third-order valence-corrected chi connectivity index (χ3v) is 4.61. The van der Waals surface area contributed by atoms with Gasteiger partial charge in [-0.3, -0.25) is 9.48 Å². The number of nitrogens with one attached hydrogen (secondary N) is 1. The molecule has 0 spiro atoms. The topological polar surface area (TPSA) is 89.4 Å². The van der Waals surface area contributed by atoms with Crippen LogP contribution in [-0.2, 0) is 16.6 Å². The number of likely N-dealkylation sites (tertiary alicyclic amines) is 1. The molecule has 11 heteroatoms. The molecule has 2 amide bonds. The molecule has 0 radical (unpaired) electrons. The molecule has 0 atom stereocenters. The van der Waals surface area contributed by atoms with Gasteiger partial charge in [-0.25, -0.2) is 9.78 Å². The highest BCUT2D eigenvalue weighted by Gasteiger charge is 2.33. The zero-order chi connectivity index (χ0) is 20.5. The van der Waals surface area contributed by atoms with Crippen molar-refractivity contribution in [3.63, 3.8) is 0 Å². The molecule has 2 aromatic rings. The number of carbonyl (C=O) groups is 2. The van der Waals surface area contributed by atoms with Crippen LogP contribution in [0.4, 0.5) is 23.7 Å². The van der Waals surface area contributed by atoms with Gasteiger partial charge in [0.05, 0.1) is 17.6 Å². The van der Waals surface area contributed by atoms with Crippen molar-refractivity contribution >= 4 is 28.7 Å². The molecule has 2 aromatic heterocycles. The normalized spacial score (nSPS) is 15.7. The third-order valence-electron chi connectivity index (χ3n) is 4.61. The minimum atomic E-state index is -4.56. The number of piperidine rings is 1. The predicted octanol–water partition coefficient (Wildman–Crippen LogP) is 2.63. The highest BCUT2D eigenvalue weighted by molar-refractivity contribution is 5.94. The fourth-order valence-corrected chi connectivity index (χ4v) is 3.18. The van der Waals surface area contributed by atoms with E-state index in [2.05, 4.69) is 20.1 Å². The van der Waals surface area contributed by atoms with Crippen LogP contribution in [0, 0.1) is 12.8 Å². The SMILES string of the molecule is Cc1nn(C)c2ncc(NC(=O)C3CCN(C(=O)OCC(F)(F)F)CC3)cc12. The average Bonchev–Trinajstić information content (AvgIpc) is 2.93. The summed E-state index contributed by atoms with van der Waals surface area (Å²) < 4.78 is 42.3. The largest absolute Gasteiger partial charge is 0.440 e. The number of aryl methyl sites for hydroxylation is 2. The first-order valence-corrected chi connectivity index (χ1v) is 8.73. The third kappa shape index (κ3) is 4.52. The highest BCUT2D eigenvalue weighted by Crippen LogP contribution is 2.23. The second-order valence-electron chi connectivity index (χ2n) is 6.72. The first kappa shape index (κ1) is 19.9. The Labute approximate surface area is 158 Å². The zero-order valence-electron chi connectivity index (χ0n) is 15.4. The smallest absolute Gasteiger partial charge is 0.422 e. The van der Waals surface area contributed by atoms with Crippen LogP contribution in [-0.4, -0.2) is 57.5 Å². The summed E-state index contributed by atoms with van der Waals surface area (Å²) in [5.41, 5.74) is 2.05. The summed E-state index contributed by atoms with van der Waals surface area (Å²) in [4.78, 5) is 29.6. The van der Waals surface area contributed by atoms with Crippen LogP contribution in [0.15, 0.2) is 12.3 Å². The number of pyridine rings is 1. The van der Waals surface area contributed by atoms with Gasteiger partial charge in [-0.15, -0.1) is 0 Å². The fourth-order valence-electron chi connectivity index (χ4n) is 3.18. The molecular formula is C17H20F3N5O3. The van der Waals surface area contributed by atoms with Crippen LogP contribution in [0.5, 0.6) is 0 Å². The molecule has 3 rings (SSSR count). The molecule has 0 unspecified atom stereocenters. The van der Waals surface area contributed by atoms with Gasteiger partial charge in [0.1, 0.15) is 0 Å². The van der Waals surface area contributed by atoms with E-state index in [0.29, 0.717) is 24.2 Å². The first-order chi connectivity index (χ1) is 13.1. The van der Waals surface area contributed by atoms with Gasteiger partial charge in [0, 0.05) is 31.4 Å². The van der Waals surface area contributed by atoms with Crippen molar-refractivity contribution in [1.29, 1.82) is 0 Å². The highest BCUT2D eigenvalue weighted by atomic mass is 19.4. The number of rotatable bonds is 3. The van der Waals surface area contributed by atoms with Crippen molar-refractivity contribution < 1.29 is 27.5 Å². The average molecular weight is 399 g/mol. The molecule has 0 saturated carbocycles. The number of hydrogen-bond donors (Lipinski definition) is 1. The summed E-state index contributed by atoms with van der Waals surface area (Å²) in [5.74, 6) is -0.566. The van der Waals surface area contributed by atoms with Crippen LogP contribution >= 0.6 is 0 Å². The standard InChI is InChI=1S/C17H20F3N5O3/c1-10-13-7-12(8-21-14(13)24(2)23-10)22-15(26)11-3-5-25(6-4-11)16(27)28-9-17(18,19)20/h7-8,11H,3-6,9H2,1-2H3,(H,22,26). The minimum absolute atomic E-state index is 0.160. The monoisotopic (exact) mass is 399 g/mol. The lowest BCUT2D eigenvalue weighted by molar-refractivity contribution is -0.162. The van der Waals surface area contributed by atoms with Gasteiger partial charge in [-0.1, -0.05) is 0 Å². The van der Waals surface area contributed by atoms with E-state index in [4.69, 9.17) is 0 Å². The maximum Gasteiger partial charge on any atom is 0.422 e. The number of nitrogens with zero attached hydrogens (tertiary/aromatic N) is 4. The maximum atomic E-state index is 12.5. The predicted molar refractivity (Wildman–Crippen MR) is 93.6 cm³/mol. The lowest BCUT2D eigenvalue weighted by Gasteiger charge is -2.30. The Morgan fingerprint density at radius 3 is 2.64 bits per heavy atom. The fraction of sp³-hybridized carbons (Fsp3) is 0.529. The Kier molecular flexibility index (Phi) is 5.43. The molecule has 1 saturated heterocycles. The molecule has 1 aliphatic rings. The summed E-state index contributed by atoms with van der Waals surface area (Å²) in [6, 6.07) is 1.80. The quantitative estimate of drug-likeness (QED) is 0.857. The second-order valence-corrected chi connectivity index (χ2v) is 6.72. The van der Waals surface area contributed by atoms with E-state index in [1.807, 2.05) is 6.92 Å². The van der Waals surface area contributed by atoms with Crippen molar-refractivity contribution in [2.75, 3.05) is 25.0 Å². The Balaban J connectivity index is 1.54. The van der Waals surface area contributed by atoms with E-state index in [1.54, 1.807) is 24.0 Å². The van der Waals surface area contributed by atoms with E-state index >= 15 is 0 Å². The summed E-state index contributed by atoms with van der Waals surface area (Å²) in [6.07, 6.45) is -3.35. The van der Waals surface area contributed by atoms with Gasteiger partial charge >= 0.3 is 12.3 Å². The van der Waals surface area contributed by atoms with Crippen LogP contribution in [0.1, 0.15) is 18.5 Å². The zero-order valence-corrected chi connectivity index (χ0v) is 15.4. The number of ether oxygens (including phenoxy) is 1. The van der Waals surface area contributed by atoms with Gasteiger partial charge < -0.3 is 15.0 Å². The number of anilines is 1. The lowest BCUT2D eigenvalue weighted by Crippen LogP contribution is -2.42. The first-order valence-electron chi connectivity index (χ1n) is 8.73. The molecule has 152 valence electrons. The number of amides is 2. The number of fused-ring (bicyclic) bond motifs is 1. The molecule has 1 fully saturated rings. The van der Waals surface area contributed by atoms with Crippen molar-refractivity contribution in [3.05, 3.63) is 18.0 Å². The summed E-state index contributed by atoms with van der Waals surface area (Å²) >= 11 is 0. The van der Waals surface area contributed by atoms with Crippen molar-refractivity contribution in [2.45, 2.75) is 25.9 Å². The molecule has 0 bridgehead atoms. The summed E-state index contributed by atoms with van der Waals surface area (Å²) in [7, 11) is 1.79. The van der Waals surface area contributed by atoms with Crippen LogP contribution in [0.3, 0.4) is 0 Å². The molecule has 0 aliphatic carbocycles. The number of aromatic nitrogens is 3. The Morgan fingerprint density at radius 1 is 1.32 bits per heavy atom. The van der Waals surface area contributed by atoms with Gasteiger partial charge in [-0.05, 0) is 25.8 Å². The van der Waals surface area contributed by atoms with Gasteiger partial charge in [0.25, 0.3) is 0 Å². The summed E-state index contributed by atoms with van der Waals surface area (Å²) in [5, 5.41) is 7.92. The van der Waals surface area contributed by atoms with E-state index in [0.717, 1.165) is 11.1 Å². The molecule has 0 aromatic carbocycles. The van der Waals surface area contributed by atoms with Crippen LogP contribution in [0.25, 0.3) is 11.0 Å². The number of carbonyl (C=O) groups excluding carboxylic acids is 2. The Bertz CT molecular complexity index is 888. The lowest BCUT2D eigenvalue weighted by atomic mass is 9.96. The van der Waals surface area contributed by atoms with E-state index in [-0.39, 0.29) is 24.9 Å². The molecule has 1 aliphatic heterocycles. The molecule has 1 N–H and O–H groups in total. The maximum absolute atomic E-state index is 12.5. The van der Waals surface area contributed by atoms with Crippen molar-refractivity contribution in [1.82, 2.24) is 19.7 Å². The van der Waals surface area contributed by atoms with E-state index in [1.165, 1.54) is 4.90 Å². The molecule has 28 heavy (non-hydrogen) atoms. The molecule has 8 nitrogen and oxygen atoms in total. The van der Waals surface area contributed by atoms with E-state index < -0.39 is 18.9 Å². The molecule has 3 heterocycles. The van der Waals surface area contributed by atoms with Gasteiger partial charge in [0.2, 0.25) is 5.91 Å². The number of halogens is 3. The van der Waals surface area contributed by atoms with Crippen molar-refractivity contribution in [3.8, 4) is 0 Å². The van der Waals surface area contributed by atoms with E-state index in [9.17, 15) is 22.8 Å². The Morgan fingerprint density at radius 2 is 2.00 bits per heavy atom. The molecular weight excluding hydrogens is 379 g/mol. The van der Waals surface area contributed by atoms with Gasteiger partial charge in [0.15, 0.2) is 12.3 Å². The van der Waals surface area contributed by atoms with Crippen LogP contribution in [0.2, 0.25) is 0 Å².